The lowest BCUT2D eigenvalue weighted by Crippen LogP contribution is -2.15. The summed E-state index contributed by atoms with van der Waals surface area (Å²) in [6.45, 7) is 2.05. The van der Waals surface area contributed by atoms with E-state index in [0.717, 1.165) is 17.3 Å². The minimum atomic E-state index is 0.0540. The fraction of sp³-hybridized carbons (Fsp3) is 0.308. The van der Waals surface area contributed by atoms with E-state index >= 15 is 0 Å². The van der Waals surface area contributed by atoms with Gasteiger partial charge in [-0.1, -0.05) is 34.2 Å². The summed E-state index contributed by atoms with van der Waals surface area (Å²) in [6.07, 6.45) is 10.6. The van der Waals surface area contributed by atoms with Gasteiger partial charge in [0, 0.05) is 16.7 Å². The summed E-state index contributed by atoms with van der Waals surface area (Å²) in [5.41, 5.74) is 1.23. The molecule has 1 aromatic rings. The first kappa shape index (κ1) is 11.4. The highest BCUT2D eigenvalue weighted by molar-refractivity contribution is 9.10. The summed E-state index contributed by atoms with van der Waals surface area (Å²) in [5.74, 6) is 0.654. The van der Waals surface area contributed by atoms with Crippen molar-refractivity contribution in [3.63, 3.8) is 0 Å². The Morgan fingerprint density at radius 3 is 3.00 bits per heavy atom. The Bertz CT molecular complexity index is 426. The van der Waals surface area contributed by atoms with E-state index in [1.54, 1.807) is 6.20 Å². The third-order valence-corrected chi connectivity index (χ3v) is 2.98. The largest absolute Gasteiger partial charge is 0.470 e. The first-order chi connectivity index (χ1) is 7.75. The van der Waals surface area contributed by atoms with Gasteiger partial charge >= 0.3 is 0 Å². The Labute approximate surface area is 104 Å². The van der Waals surface area contributed by atoms with Crippen molar-refractivity contribution < 1.29 is 4.74 Å². The maximum atomic E-state index is 5.77. The molecule has 0 fully saturated rings. The first-order valence-corrected chi connectivity index (χ1v) is 6.20. The number of ether oxygens (including phenoxy) is 1. The van der Waals surface area contributed by atoms with Crippen LogP contribution in [0.2, 0.25) is 0 Å². The van der Waals surface area contributed by atoms with Gasteiger partial charge in [0.1, 0.15) is 6.10 Å². The number of pyridine rings is 1. The maximum Gasteiger partial charge on any atom is 0.214 e. The molecule has 2 nitrogen and oxygen atoms in total. The molecule has 0 aliphatic heterocycles. The normalized spacial score (nSPS) is 16.8. The lowest BCUT2D eigenvalue weighted by atomic mass is 10.0. The van der Waals surface area contributed by atoms with Gasteiger partial charge in [-0.25, -0.2) is 4.98 Å². The van der Waals surface area contributed by atoms with Crippen LogP contribution in [0.5, 0.6) is 5.88 Å². The van der Waals surface area contributed by atoms with Gasteiger partial charge in [-0.05, 0) is 31.4 Å². The molecule has 0 spiro atoms. The van der Waals surface area contributed by atoms with Gasteiger partial charge in [-0.15, -0.1) is 0 Å². The molecule has 1 heterocycles. The molecule has 0 bridgehead atoms. The smallest absolute Gasteiger partial charge is 0.214 e. The third-order valence-electron chi connectivity index (χ3n) is 2.49. The highest BCUT2D eigenvalue weighted by Gasteiger charge is 2.10. The number of hydrogen-bond donors (Lipinski definition) is 0. The molecule has 0 aromatic carbocycles. The summed E-state index contributed by atoms with van der Waals surface area (Å²) < 4.78 is 6.76. The second kappa shape index (κ2) is 5.30. The van der Waals surface area contributed by atoms with E-state index in [1.807, 2.05) is 19.1 Å². The van der Waals surface area contributed by atoms with E-state index in [4.69, 9.17) is 4.74 Å². The van der Waals surface area contributed by atoms with Crippen LogP contribution in [0, 0.1) is 0 Å². The number of halogens is 1. The molecule has 1 atom stereocenters. The van der Waals surface area contributed by atoms with E-state index in [-0.39, 0.29) is 6.10 Å². The minimum absolute atomic E-state index is 0.0540. The SMILES string of the molecule is CC(Oc1cc(Br)ccn1)C1=CCCC=C1. The Hall–Kier alpha value is -1.09. The van der Waals surface area contributed by atoms with Crippen LogP contribution < -0.4 is 4.74 Å². The Balaban J connectivity index is 2.04. The highest BCUT2D eigenvalue weighted by atomic mass is 79.9. The fourth-order valence-corrected chi connectivity index (χ4v) is 1.95. The van der Waals surface area contributed by atoms with Gasteiger partial charge < -0.3 is 4.74 Å². The number of nitrogens with zero attached hydrogens (tertiary/aromatic N) is 1. The number of hydrogen-bond acceptors (Lipinski definition) is 2. The monoisotopic (exact) mass is 279 g/mol. The molecule has 1 aromatic heterocycles. The van der Waals surface area contributed by atoms with Gasteiger partial charge in [-0.2, -0.15) is 0 Å². The van der Waals surface area contributed by atoms with Crippen molar-refractivity contribution in [3.8, 4) is 5.88 Å². The zero-order valence-electron chi connectivity index (χ0n) is 9.19. The molecule has 0 saturated carbocycles. The molecule has 0 saturated heterocycles. The summed E-state index contributed by atoms with van der Waals surface area (Å²) in [7, 11) is 0. The molecule has 2 rings (SSSR count). The molecule has 0 amide bonds. The van der Waals surface area contributed by atoms with E-state index in [1.165, 1.54) is 5.57 Å². The van der Waals surface area contributed by atoms with Crippen molar-refractivity contribution in [2.45, 2.75) is 25.9 Å². The van der Waals surface area contributed by atoms with E-state index < -0.39 is 0 Å². The van der Waals surface area contributed by atoms with E-state index in [0.29, 0.717) is 5.88 Å². The van der Waals surface area contributed by atoms with Crippen molar-refractivity contribution in [2.24, 2.45) is 0 Å². The average molecular weight is 280 g/mol. The highest BCUT2D eigenvalue weighted by Crippen LogP contribution is 2.20. The van der Waals surface area contributed by atoms with E-state index in [2.05, 4.69) is 39.1 Å². The van der Waals surface area contributed by atoms with Crippen molar-refractivity contribution in [1.29, 1.82) is 0 Å². The molecule has 16 heavy (non-hydrogen) atoms. The molecule has 0 radical (unpaired) electrons. The van der Waals surface area contributed by atoms with Crippen LogP contribution in [-0.4, -0.2) is 11.1 Å². The summed E-state index contributed by atoms with van der Waals surface area (Å²) in [6, 6.07) is 3.76. The van der Waals surface area contributed by atoms with Crippen molar-refractivity contribution in [3.05, 3.63) is 46.6 Å². The van der Waals surface area contributed by atoms with Crippen LogP contribution in [0.3, 0.4) is 0 Å². The van der Waals surface area contributed by atoms with E-state index in [9.17, 15) is 0 Å². The number of aromatic nitrogens is 1. The molecule has 84 valence electrons. The number of allylic oxidation sites excluding steroid dienone is 2. The summed E-state index contributed by atoms with van der Waals surface area (Å²) >= 11 is 3.40. The summed E-state index contributed by atoms with van der Waals surface area (Å²) in [4.78, 5) is 4.17. The van der Waals surface area contributed by atoms with Crippen LogP contribution in [0.1, 0.15) is 19.8 Å². The minimum Gasteiger partial charge on any atom is -0.470 e. The average Bonchev–Trinajstić information content (AvgIpc) is 2.30. The van der Waals surface area contributed by atoms with Crippen molar-refractivity contribution in [1.82, 2.24) is 4.98 Å². The van der Waals surface area contributed by atoms with Gasteiger partial charge in [0.15, 0.2) is 0 Å². The van der Waals surface area contributed by atoms with Crippen LogP contribution in [0.15, 0.2) is 46.6 Å². The van der Waals surface area contributed by atoms with Gasteiger partial charge in [-0.3, -0.25) is 0 Å². The van der Waals surface area contributed by atoms with Crippen molar-refractivity contribution in [2.75, 3.05) is 0 Å². The predicted octanol–water partition coefficient (Wildman–Crippen LogP) is 3.89. The van der Waals surface area contributed by atoms with Crippen LogP contribution in [-0.2, 0) is 0 Å². The number of rotatable bonds is 3. The van der Waals surface area contributed by atoms with Crippen molar-refractivity contribution >= 4 is 15.9 Å². The van der Waals surface area contributed by atoms with Gasteiger partial charge in [0.25, 0.3) is 0 Å². The Morgan fingerprint density at radius 1 is 1.44 bits per heavy atom. The zero-order valence-corrected chi connectivity index (χ0v) is 10.8. The topological polar surface area (TPSA) is 22.1 Å². The lowest BCUT2D eigenvalue weighted by molar-refractivity contribution is 0.250. The molecular weight excluding hydrogens is 266 g/mol. The van der Waals surface area contributed by atoms with Gasteiger partial charge in [0.05, 0.1) is 0 Å². The standard InChI is InChI=1S/C13H14BrNO/c1-10(11-5-3-2-4-6-11)16-13-9-12(14)7-8-15-13/h3,5-10H,2,4H2,1H3. The quantitative estimate of drug-likeness (QED) is 0.838. The molecule has 1 aliphatic rings. The predicted molar refractivity (Wildman–Crippen MR) is 68.5 cm³/mol. The first-order valence-electron chi connectivity index (χ1n) is 5.40. The molecule has 0 N–H and O–H groups in total. The molecule has 1 aliphatic carbocycles. The Morgan fingerprint density at radius 2 is 2.31 bits per heavy atom. The van der Waals surface area contributed by atoms with Crippen LogP contribution >= 0.6 is 15.9 Å². The molecule has 1 unspecified atom stereocenters. The summed E-state index contributed by atoms with van der Waals surface area (Å²) in [5, 5.41) is 0. The molecule has 3 heteroatoms. The zero-order chi connectivity index (χ0) is 11.4. The fourth-order valence-electron chi connectivity index (χ4n) is 1.63. The van der Waals surface area contributed by atoms with Gasteiger partial charge in [0.2, 0.25) is 5.88 Å². The third kappa shape index (κ3) is 2.95. The Kier molecular flexibility index (Phi) is 3.78. The molecular formula is C13H14BrNO. The maximum absolute atomic E-state index is 5.77. The second-order valence-corrected chi connectivity index (χ2v) is 4.67. The second-order valence-electron chi connectivity index (χ2n) is 3.76. The van der Waals surface area contributed by atoms with Crippen LogP contribution in [0.4, 0.5) is 0 Å². The van der Waals surface area contributed by atoms with Crippen LogP contribution in [0.25, 0.3) is 0 Å². The lowest BCUT2D eigenvalue weighted by Gasteiger charge is -2.17.